The van der Waals surface area contributed by atoms with Crippen LogP contribution in [0.2, 0.25) is 0 Å². The second-order valence-electron chi connectivity index (χ2n) is 8.14. The maximum atomic E-state index is 13.0. The van der Waals surface area contributed by atoms with Crippen LogP contribution in [-0.2, 0) is 30.9 Å². The topological polar surface area (TPSA) is 114 Å². The summed E-state index contributed by atoms with van der Waals surface area (Å²) in [5.41, 5.74) is 1.62. The summed E-state index contributed by atoms with van der Waals surface area (Å²) >= 11 is 0. The summed E-state index contributed by atoms with van der Waals surface area (Å²) in [4.78, 5) is 27.0. The van der Waals surface area contributed by atoms with Crippen molar-refractivity contribution in [2.45, 2.75) is 37.3 Å². The minimum absolute atomic E-state index is 0.0244. The van der Waals surface area contributed by atoms with Gasteiger partial charge >= 0.3 is 0 Å². The number of benzene rings is 2. The second kappa shape index (κ2) is 12.0. The molecule has 9 nitrogen and oxygen atoms in total. The molecule has 0 saturated carbocycles. The van der Waals surface area contributed by atoms with E-state index in [0.29, 0.717) is 24.5 Å². The normalized spacial score (nSPS) is 15.6. The molecular formula is C24H31N3O6S. The molecular weight excluding hydrogens is 458 g/mol. The number of methoxy groups -OCH3 is 1. The highest BCUT2D eigenvalue weighted by Crippen LogP contribution is 2.19. The molecule has 10 heteroatoms. The van der Waals surface area contributed by atoms with E-state index in [-0.39, 0.29) is 30.0 Å². The van der Waals surface area contributed by atoms with Gasteiger partial charge in [0.2, 0.25) is 21.8 Å². The Bertz CT molecular complexity index is 1080. The Balaban J connectivity index is 1.68. The molecule has 2 aromatic carbocycles. The van der Waals surface area contributed by atoms with Crippen LogP contribution < -0.4 is 14.8 Å². The van der Waals surface area contributed by atoms with Crippen LogP contribution in [0.1, 0.15) is 24.0 Å². The molecule has 0 radical (unpaired) electrons. The van der Waals surface area contributed by atoms with E-state index >= 15 is 0 Å². The minimum atomic E-state index is -3.88. The molecule has 0 spiro atoms. The third-order valence-corrected chi connectivity index (χ3v) is 6.95. The highest BCUT2D eigenvalue weighted by Gasteiger charge is 2.23. The molecule has 1 atom stereocenters. The second-order valence-corrected chi connectivity index (χ2v) is 9.91. The Kier molecular flexibility index (Phi) is 9.03. The molecule has 184 valence electrons. The maximum Gasteiger partial charge on any atom is 0.241 e. The zero-order chi connectivity index (χ0) is 24.6. The molecule has 2 N–H and O–H groups in total. The van der Waals surface area contributed by atoms with Gasteiger partial charge in [0.1, 0.15) is 5.75 Å². The molecule has 1 saturated heterocycles. The van der Waals surface area contributed by atoms with Gasteiger partial charge in [-0.05, 0) is 38.0 Å². The number of aryl methyl sites for hydroxylation is 1. The molecule has 0 aromatic heterocycles. The van der Waals surface area contributed by atoms with Crippen molar-refractivity contribution in [2.75, 3.05) is 33.4 Å². The lowest BCUT2D eigenvalue weighted by Crippen LogP contribution is -2.45. The Morgan fingerprint density at radius 1 is 1.15 bits per heavy atom. The van der Waals surface area contributed by atoms with Crippen LogP contribution in [0.5, 0.6) is 5.75 Å². The Morgan fingerprint density at radius 2 is 1.88 bits per heavy atom. The first-order chi connectivity index (χ1) is 16.3. The summed E-state index contributed by atoms with van der Waals surface area (Å²) in [5.74, 6) is -0.311. The highest BCUT2D eigenvalue weighted by atomic mass is 32.2. The molecule has 2 aromatic rings. The van der Waals surface area contributed by atoms with E-state index in [1.807, 2.05) is 6.92 Å². The van der Waals surface area contributed by atoms with E-state index in [0.717, 1.165) is 18.4 Å². The summed E-state index contributed by atoms with van der Waals surface area (Å²) in [6.07, 6.45) is 1.81. The quantitative estimate of drug-likeness (QED) is 0.496. The highest BCUT2D eigenvalue weighted by molar-refractivity contribution is 7.89. The van der Waals surface area contributed by atoms with E-state index in [1.54, 1.807) is 36.4 Å². The fourth-order valence-corrected chi connectivity index (χ4v) is 4.58. The zero-order valence-corrected chi connectivity index (χ0v) is 20.3. The molecule has 1 fully saturated rings. The fourth-order valence-electron chi connectivity index (χ4n) is 3.60. The van der Waals surface area contributed by atoms with Crippen LogP contribution in [0.4, 0.5) is 0 Å². The Hall–Kier alpha value is -2.95. The van der Waals surface area contributed by atoms with Crippen LogP contribution >= 0.6 is 0 Å². The third kappa shape index (κ3) is 7.28. The molecule has 34 heavy (non-hydrogen) atoms. The van der Waals surface area contributed by atoms with Crippen molar-refractivity contribution in [3.05, 3.63) is 59.7 Å². The van der Waals surface area contributed by atoms with Crippen molar-refractivity contribution in [3.63, 3.8) is 0 Å². The van der Waals surface area contributed by atoms with Gasteiger partial charge < -0.3 is 19.7 Å². The number of ether oxygens (including phenoxy) is 2. The molecule has 1 aliphatic rings. The van der Waals surface area contributed by atoms with Crippen LogP contribution in [0, 0.1) is 6.92 Å². The lowest BCUT2D eigenvalue weighted by molar-refractivity contribution is -0.135. The lowest BCUT2D eigenvalue weighted by atomic mass is 10.2. The van der Waals surface area contributed by atoms with Crippen molar-refractivity contribution in [1.82, 2.24) is 14.9 Å². The van der Waals surface area contributed by atoms with Gasteiger partial charge in [-0.2, -0.15) is 0 Å². The third-order valence-electron chi connectivity index (χ3n) is 5.54. The van der Waals surface area contributed by atoms with Gasteiger partial charge in [0.15, 0.2) is 0 Å². The van der Waals surface area contributed by atoms with Crippen molar-refractivity contribution < 1.29 is 27.5 Å². The number of sulfonamides is 1. The van der Waals surface area contributed by atoms with Crippen LogP contribution in [0.25, 0.3) is 0 Å². The summed E-state index contributed by atoms with van der Waals surface area (Å²) in [5, 5.41) is 2.80. The standard InChI is InChI=1S/C24H31N3O6S/c1-18-9-11-21(12-10-18)34(30,31)26-15-24(29)27(16-19-6-3-4-8-22(19)32-2)17-23(28)25-14-20-7-5-13-33-20/h3-4,6,8-12,20,26H,5,7,13-17H2,1-2H3,(H,25,28)/t20-/m0/s1. The molecule has 1 aliphatic heterocycles. The van der Waals surface area contributed by atoms with Gasteiger partial charge in [0.25, 0.3) is 0 Å². The number of hydrogen-bond acceptors (Lipinski definition) is 6. The molecule has 0 unspecified atom stereocenters. The summed E-state index contributed by atoms with van der Waals surface area (Å²) in [7, 11) is -2.36. The largest absolute Gasteiger partial charge is 0.496 e. The molecule has 0 aliphatic carbocycles. The van der Waals surface area contributed by atoms with Crippen molar-refractivity contribution in [1.29, 1.82) is 0 Å². The minimum Gasteiger partial charge on any atom is -0.496 e. The molecule has 3 rings (SSSR count). The fraction of sp³-hybridized carbons (Fsp3) is 0.417. The predicted molar refractivity (Wildman–Crippen MR) is 127 cm³/mol. The smallest absolute Gasteiger partial charge is 0.241 e. The van der Waals surface area contributed by atoms with Gasteiger partial charge in [-0.25, -0.2) is 13.1 Å². The lowest BCUT2D eigenvalue weighted by Gasteiger charge is -2.24. The summed E-state index contributed by atoms with van der Waals surface area (Å²) in [6.45, 7) is 2.28. The van der Waals surface area contributed by atoms with E-state index < -0.39 is 22.5 Å². The Labute approximate surface area is 200 Å². The molecule has 1 heterocycles. The number of nitrogens with one attached hydrogen (secondary N) is 2. The SMILES string of the molecule is COc1ccccc1CN(CC(=O)NC[C@@H]1CCCO1)C(=O)CNS(=O)(=O)c1ccc(C)cc1. The zero-order valence-electron chi connectivity index (χ0n) is 19.5. The van der Waals surface area contributed by atoms with Crippen molar-refractivity contribution in [3.8, 4) is 5.75 Å². The number of amides is 2. The average Bonchev–Trinajstić information content (AvgIpc) is 3.35. The molecule has 0 bridgehead atoms. The van der Waals surface area contributed by atoms with Gasteiger partial charge in [-0.3, -0.25) is 9.59 Å². The molecule has 2 amide bonds. The van der Waals surface area contributed by atoms with E-state index in [9.17, 15) is 18.0 Å². The number of para-hydroxylation sites is 1. The number of nitrogens with zero attached hydrogens (tertiary/aromatic N) is 1. The van der Waals surface area contributed by atoms with Crippen molar-refractivity contribution in [2.24, 2.45) is 0 Å². The van der Waals surface area contributed by atoms with Gasteiger partial charge in [-0.1, -0.05) is 35.9 Å². The first-order valence-electron chi connectivity index (χ1n) is 11.1. The van der Waals surface area contributed by atoms with Crippen LogP contribution in [-0.4, -0.2) is 64.6 Å². The van der Waals surface area contributed by atoms with Gasteiger partial charge in [-0.15, -0.1) is 0 Å². The van der Waals surface area contributed by atoms with Crippen molar-refractivity contribution >= 4 is 21.8 Å². The summed E-state index contributed by atoms with van der Waals surface area (Å²) < 4.78 is 38.4. The monoisotopic (exact) mass is 489 g/mol. The Morgan fingerprint density at radius 3 is 2.56 bits per heavy atom. The van der Waals surface area contributed by atoms with E-state index in [4.69, 9.17) is 9.47 Å². The van der Waals surface area contributed by atoms with E-state index in [1.165, 1.54) is 24.1 Å². The number of carbonyl (C=O) groups excluding carboxylic acids is 2. The number of hydrogen-bond donors (Lipinski definition) is 2. The van der Waals surface area contributed by atoms with Gasteiger partial charge in [0.05, 0.1) is 31.2 Å². The van der Waals surface area contributed by atoms with Crippen LogP contribution in [0.3, 0.4) is 0 Å². The van der Waals surface area contributed by atoms with Gasteiger partial charge in [0, 0.05) is 25.3 Å². The first-order valence-corrected chi connectivity index (χ1v) is 12.6. The van der Waals surface area contributed by atoms with Crippen LogP contribution in [0.15, 0.2) is 53.4 Å². The average molecular weight is 490 g/mol. The maximum absolute atomic E-state index is 13.0. The summed E-state index contributed by atoms with van der Waals surface area (Å²) in [6, 6.07) is 13.5. The number of rotatable bonds is 11. The van der Waals surface area contributed by atoms with E-state index in [2.05, 4.69) is 10.0 Å². The first kappa shape index (κ1) is 25.7. The number of carbonyl (C=O) groups is 2. The predicted octanol–water partition coefficient (Wildman–Crippen LogP) is 1.61.